The maximum atomic E-state index is 12.3. The first kappa shape index (κ1) is 14.3. The van der Waals surface area contributed by atoms with Crippen molar-refractivity contribution in [3.8, 4) is 0 Å². The molecule has 0 bridgehead atoms. The van der Waals surface area contributed by atoms with Crippen LogP contribution in [0.3, 0.4) is 0 Å². The van der Waals surface area contributed by atoms with Crippen molar-refractivity contribution in [1.82, 2.24) is 10.0 Å². The van der Waals surface area contributed by atoms with Crippen molar-refractivity contribution in [1.29, 1.82) is 0 Å². The molecule has 0 aliphatic carbocycles. The molecule has 1 aliphatic rings. The van der Waals surface area contributed by atoms with Gasteiger partial charge in [0.1, 0.15) is 0 Å². The van der Waals surface area contributed by atoms with Gasteiger partial charge >= 0.3 is 0 Å². The molecule has 110 valence electrons. The molecule has 0 amide bonds. The maximum absolute atomic E-state index is 12.3. The summed E-state index contributed by atoms with van der Waals surface area (Å²) in [7, 11) is -3.47. The summed E-state index contributed by atoms with van der Waals surface area (Å²) in [5, 5.41) is 3.28. The van der Waals surface area contributed by atoms with Crippen molar-refractivity contribution in [3.63, 3.8) is 0 Å². The average molecular weight is 302 g/mol. The predicted octanol–water partition coefficient (Wildman–Crippen LogP) is 2.08. The van der Waals surface area contributed by atoms with E-state index in [0.29, 0.717) is 11.4 Å². The van der Waals surface area contributed by atoms with Crippen LogP contribution in [0.5, 0.6) is 0 Å². The lowest BCUT2D eigenvalue weighted by Crippen LogP contribution is -2.24. The van der Waals surface area contributed by atoms with E-state index in [4.69, 9.17) is 0 Å². The Kier molecular flexibility index (Phi) is 3.80. The fourth-order valence-electron chi connectivity index (χ4n) is 2.57. The normalized spacial score (nSPS) is 14.1. The molecular weight excluding hydrogens is 284 g/mol. The summed E-state index contributed by atoms with van der Waals surface area (Å²) in [5.41, 5.74) is 4.28. The van der Waals surface area contributed by atoms with E-state index in [2.05, 4.69) is 22.2 Å². The summed E-state index contributed by atoms with van der Waals surface area (Å²) in [6.07, 6.45) is 0. The first-order valence-electron chi connectivity index (χ1n) is 6.93. The molecule has 0 unspecified atom stereocenters. The topological polar surface area (TPSA) is 58.2 Å². The van der Waals surface area contributed by atoms with Crippen LogP contribution in [-0.4, -0.2) is 8.42 Å². The maximum Gasteiger partial charge on any atom is 0.241 e. The summed E-state index contributed by atoms with van der Waals surface area (Å²) in [4.78, 5) is 0.341. The highest BCUT2D eigenvalue weighted by molar-refractivity contribution is 7.89. The first-order valence-corrected chi connectivity index (χ1v) is 8.41. The van der Waals surface area contributed by atoms with Gasteiger partial charge in [0.2, 0.25) is 10.0 Å². The lowest BCUT2D eigenvalue weighted by Gasteiger charge is -2.10. The van der Waals surface area contributed by atoms with Gasteiger partial charge in [-0.1, -0.05) is 36.4 Å². The van der Waals surface area contributed by atoms with Crippen LogP contribution < -0.4 is 10.0 Å². The van der Waals surface area contributed by atoms with Crippen LogP contribution in [-0.2, 0) is 29.7 Å². The fourth-order valence-corrected chi connectivity index (χ4v) is 3.83. The Morgan fingerprint density at radius 2 is 1.86 bits per heavy atom. The summed E-state index contributed by atoms with van der Waals surface area (Å²) < 4.78 is 27.3. The van der Waals surface area contributed by atoms with E-state index in [1.165, 1.54) is 11.1 Å². The van der Waals surface area contributed by atoms with E-state index in [1.807, 2.05) is 12.1 Å². The second kappa shape index (κ2) is 5.60. The summed E-state index contributed by atoms with van der Waals surface area (Å²) in [5.74, 6) is 0. The molecule has 3 rings (SSSR count). The van der Waals surface area contributed by atoms with Crippen LogP contribution in [0.2, 0.25) is 0 Å². The Bertz CT molecular complexity index is 770. The monoisotopic (exact) mass is 302 g/mol. The van der Waals surface area contributed by atoms with Crippen LogP contribution >= 0.6 is 0 Å². The van der Waals surface area contributed by atoms with Gasteiger partial charge in [-0.3, -0.25) is 0 Å². The van der Waals surface area contributed by atoms with Gasteiger partial charge in [0.25, 0.3) is 0 Å². The van der Waals surface area contributed by atoms with Gasteiger partial charge in [-0.2, -0.15) is 0 Å². The Morgan fingerprint density at radius 1 is 1.10 bits per heavy atom. The summed E-state index contributed by atoms with van der Waals surface area (Å²) in [6, 6.07) is 13.1. The Hall–Kier alpha value is -1.69. The van der Waals surface area contributed by atoms with Crippen molar-refractivity contribution < 1.29 is 8.42 Å². The van der Waals surface area contributed by atoms with Crippen molar-refractivity contribution in [2.75, 3.05) is 0 Å². The zero-order valence-electron chi connectivity index (χ0n) is 11.9. The second-order valence-electron chi connectivity index (χ2n) is 5.30. The van der Waals surface area contributed by atoms with Gasteiger partial charge in [-0.05, 0) is 35.2 Å². The lowest BCUT2D eigenvalue weighted by atomic mass is 10.1. The zero-order chi connectivity index (χ0) is 14.9. The standard InChI is InChI=1S/C16H18N2O2S/c1-12-4-2-3-5-16(12)21(19,20)18-9-13-6-7-14-10-17-11-15(14)8-13/h2-8,17-18H,9-11H2,1H3. The second-order valence-corrected chi connectivity index (χ2v) is 7.03. The molecular formula is C16H18N2O2S. The fraction of sp³-hybridized carbons (Fsp3) is 0.250. The minimum atomic E-state index is -3.47. The minimum absolute atomic E-state index is 0.309. The van der Waals surface area contributed by atoms with Gasteiger partial charge in [-0.25, -0.2) is 13.1 Å². The van der Waals surface area contributed by atoms with Crippen LogP contribution in [0, 0.1) is 6.92 Å². The highest BCUT2D eigenvalue weighted by Gasteiger charge is 2.16. The first-order chi connectivity index (χ1) is 10.1. The lowest BCUT2D eigenvalue weighted by molar-refractivity contribution is 0.580. The van der Waals surface area contributed by atoms with E-state index < -0.39 is 10.0 Å². The minimum Gasteiger partial charge on any atom is -0.309 e. The van der Waals surface area contributed by atoms with E-state index in [1.54, 1.807) is 25.1 Å². The quantitative estimate of drug-likeness (QED) is 0.909. The molecule has 0 saturated carbocycles. The third kappa shape index (κ3) is 3.00. The van der Waals surface area contributed by atoms with E-state index in [9.17, 15) is 8.42 Å². The molecule has 0 spiro atoms. The number of sulfonamides is 1. The SMILES string of the molecule is Cc1ccccc1S(=O)(=O)NCc1ccc2c(c1)CNC2. The summed E-state index contributed by atoms with van der Waals surface area (Å²) in [6.45, 7) is 3.86. The van der Waals surface area contributed by atoms with Crippen molar-refractivity contribution in [2.24, 2.45) is 0 Å². The molecule has 0 aromatic heterocycles. The average Bonchev–Trinajstić information content (AvgIpc) is 2.93. The Labute approximate surface area is 125 Å². The Morgan fingerprint density at radius 3 is 2.67 bits per heavy atom. The predicted molar refractivity (Wildman–Crippen MR) is 82.2 cm³/mol. The zero-order valence-corrected chi connectivity index (χ0v) is 12.7. The number of hydrogen-bond acceptors (Lipinski definition) is 3. The number of fused-ring (bicyclic) bond motifs is 1. The number of rotatable bonds is 4. The van der Waals surface area contributed by atoms with E-state index in [-0.39, 0.29) is 0 Å². The van der Waals surface area contributed by atoms with Crippen molar-refractivity contribution in [2.45, 2.75) is 31.5 Å². The largest absolute Gasteiger partial charge is 0.309 e. The Balaban J connectivity index is 1.77. The molecule has 4 nitrogen and oxygen atoms in total. The van der Waals surface area contributed by atoms with Crippen LogP contribution in [0.4, 0.5) is 0 Å². The van der Waals surface area contributed by atoms with Crippen LogP contribution in [0.25, 0.3) is 0 Å². The van der Waals surface area contributed by atoms with Gasteiger partial charge < -0.3 is 5.32 Å². The van der Waals surface area contributed by atoms with Gasteiger partial charge in [0.05, 0.1) is 4.90 Å². The molecule has 2 aromatic carbocycles. The van der Waals surface area contributed by atoms with Crippen molar-refractivity contribution in [3.05, 3.63) is 64.7 Å². The third-order valence-electron chi connectivity index (χ3n) is 3.75. The van der Waals surface area contributed by atoms with Gasteiger partial charge in [0.15, 0.2) is 0 Å². The molecule has 0 fully saturated rings. The molecule has 0 saturated heterocycles. The smallest absolute Gasteiger partial charge is 0.241 e. The number of aryl methyl sites for hydroxylation is 1. The molecule has 1 heterocycles. The van der Waals surface area contributed by atoms with Gasteiger partial charge in [-0.15, -0.1) is 0 Å². The molecule has 2 N–H and O–H groups in total. The molecule has 0 radical (unpaired) electrons. The highest BCUT2D eigenvalue weighted by Crippen LogP contribution is 2.18. The van der Waals surface area contributed by atoms with Gasteiger partial charge in [0, 0.05) is 19.6 Å². The number of benzene rings is 2. The third-order valence-corrected chi connectivity index (χ3v) is 5.31. The van der Waals surface area contributed by atoms with Crippen LogP contribution in [0.15, 0.2) is 47.4 Å². The summed E-state index contributed by atoms with van der Waals surface area (Å²) >= 11 is 0. The number of hydrogen-bond donors (Lipinski definition) is 2. The molecule has 1 aliphatic heterocycles. The molecule has 0 atom stereocenters. The van der Waals surface area contributed by atoms with E-state index >= 15 is 0 Å². The number of nitrogens with one attached hydrogen (secondary N) is 2. The van der Waals surface area contributed by atoms with E-state index in [0.717, 1.165) is 24.2 Å². The highest BCUT2D eigenvalue weighted by atomic mass is 32.2. The van der Waals surface area contributed by atoms with Crippen molar-refractivity contribution >= 4 is 10.0 Å². The van der Waals surface area contributed by atoms with Crippen LogP contribution in [0.1, 0.15) is 22.3 Å². The molecule has 2 aromatic rings. The molecule has 21 heavy (non-hydrogen) atoms. The molecule has 5 heteroatoms.